The lowest BCUT2D eigenvalue weighted by Crippen LogP contribution is -2.52. The number of sulfone groups is 1. The van der Waals surface area contributed by atoms with Crippen LogP contribution in [-0.2, 0) is 9.84 Å². The van der Waals surface area contributed by atoms with E-state index in [1.54, 1.807) is 18.7 Å². The number of benzene rings is 1. The van der Waals surface area contributed by atoms with E-state index in [2.05, 4.69) is 4.90 Å². The van der Waals surface area contributed by atoms with Crippen LogP contribution in [0.3, 0.4) is 0 Å². The van der Waals surface area contributed by atoms with Crippen molar-refractivity contribution in [3.05, 3.63) is 35.9 Å². The van der Waals surface area contributed by atoms with E-state index in [0.29, 0.717) is 5.75 Å². The van der Waals surface area contributed by atoms with Crippen molar-refractivity contribution < 1.29 is 8.42 Å². The minimum atomic E-state index is -3.11. The Labute approximate surface area is 132 Å². The summed E-state index contributed by atoms with van der Waals surface area (Å²) in [5, 5.41) is -0.433. The fourth-order valence-corrected chi connectivity index (χ4v) is 5.91. The summed E-state index contributed by atoms with van der Waals surface area (Å²) in [5.74, 6) is 1.76. The van der Waals surface area contributed by atoms with E-state index in [9.17, 15) is 8.42 Å². The molecule has 1 aromatic rings. The summed E-state index contributed by atoms with van der Waals surface area (Å²) < 4.78 is 24.9. The Morgan fingerprint density at radius 2 is 2.05 bits per heavy atom. The highest BCUT2D eigenvalue weighted by Crippen LogP contribution is 2.32. The number of hydrogen-bond donors (Lipinski definition) is 1. The molecular weight excluding hydrogens is 304 g/mol. The number of hydrogen-bond acceptors (Lipinski definition) is 5. The molecule has 2 rings (SSSR count). The van der Waals surface area contributed by atoms with Crippen LogP contribution < -0.4 is 5.73 Å². The third-order valence-electron chi connectivity index (χ3n) is 3.94. The predicted molar refractivity (Wildman–Crippen MR) is 90.1 cm³/mol. The van der Waals surface area contributed by atoms with Crippen molar-refractivity contribution in [1.29, 1.82) is 0 Å². The Kier molecular flexibility index (Phi) is 5.71. The molecule has 0 aliphatic carbocycles. The van der Waals surface area contributed by atoms with Crippen molar-refractivity contribution in [2.75, 3.05) is 23.8 Å². The largest absolute Gasteiger partial charge is 0.326 e. The Hall–Kier alpha value is -0.560. The molecule has 0 aromatic heterocycles. The average molecular weight is 329 g/mol. The molecule has 2 N–H and O–H groups in total. The second-order valence-electron chi connectivity index (χ2n) is 5.43. The van der Waals surface area contributed by atoms with Gasteiger partial charge in [0.2, 0.25) is 0 Å². The molecule has 1 aliphatic rings. The summed E-state index contributed by atoms with van der Waals surface area (Å²) in [6.45, 7) is 4.43. The molecule has 1 saturated heterocycles. The Morgan fingerprint density at radius 1 is 1.38 bits per heavy atom. The topological polar surface area (TPSA) is 63.4 Å². The molecule has 0 spiro atoms. The zero-order chi connectivity index (χ0) is 15.5. The first-order valence-corrected chi connectivity index (χ1v) is 10.2. The van der Waals surface area contributed by atoms with Gasteiger partial charge >= 0.3 is 0 Å². The van der Waals surface area contributed by atoms with Crippen molar-refractivity contribution in [2.45, 2.75) is 31.3 Å². The molecule has 3 unspecified atom stereocenters. The molecule has 0 bridgehead atoms. The first-order chi connectivity index (χ1) is 9.97. The van der Waals surface area contributed by atoms with Crippen LogP contribution in [0.15, 0.2) is 30.3 Å². The van der Waals surface area contributed by atoms with Gasteiger partial charge in [0.1, 0.15) is 5.37 Å². The Balaban J connectivity index is 2.38. The van der Waals surface area contributed by atoms with Gasteiger partial charge in [-0.2, -0.15) is 11.8 Å². The summed E-state index contributed by atoms with van der Waals surface area (Å²) in [6, 6.07) is 9.81. The van der Waals surface area contributed by atoms with Gasteiger partial charge in [-0.15, -0.1) is 0 Å². The summed E-state index contributed by atoms with van der Waals surface area (Å²) in [4.78, 5) is 2.09. The van der Waals surface area contributed by atoms with Crippen molar-refractivity contribution in [3.8, 4) is 0 Å². The second-order valence-corrected chi connectivity index (χ2v) is 9.03. The second kappa shape index (κ2) is 7.13. The maximum Gasteiger partial charge on any atom is 0.166 e. The van der Waals surface area contributed by atoms with Gasteiger partial charge in [0, 0.05) is 29.8 Å². The average Bonchev–Trinajstić information content (AvgIpc) is 2.48. The van der Waals surface area contributed by atoms with Gasteiger partial charge in [-0.1, -0.05) is 37.3 Å². The predicted octanol–water partition coefficient (Wildman–Crippen LogP) is 1.88. The maximum atomic E-state index is 12.4. The van der Waals surface area contributed by atoms with Gasteiger partial charge in [-0.25, -0.2) is 8.42 Å². The molecule has 1 fully saturated rings. The van der Waals surface area contributed by atoms with Gasteiger partial charge < -0.3 is 5.73 Å². The summed E-state index contributed by atoms with van der Waals surface area (Å²) >= 11 is 1.71. The lowest BCUT2D eigenvalue weighted by Gasteiger charge is -2.42. The van der Waals surface area contributed by atoms with Gasteiger partial charge in [0.15, 0.2) is 9.84 Å². The monoisotopic (exact) mass is 328 g/mol. The minimum absolute atomic E-state index is 0.0570. The number of rotatable bonds is 5. The summed E-state index contributed by atoms with van der Waals surface area (Å²) in [7, 11) is -3.11. The Morgan fingerprint density at radius 3 is 2.62 bits per heavy atom. The number of nitrogens with two attached hydrogens (primary N) is 1. The molecule has 0 radical (unpaired) electrons. The molecule has 3 atom stereocenters. The van der Waals surface area contributed by atoms with Crippen molar-refractivity contribution in [1.82, 2.24) is 4.90 Å². The van der Waals surface area contributed by atoms with Crippen LogP contribution in [-0.4, -0.2) is 48.5 Å². The van der Waals surface area contributed by atoms with E-state index in [0.717, 1.165) is 17.9 Å². The zero-order valence-corrected chi connectivity index (χ0v) is 14.2. The van der Waals surface area contributed by atoms with E-state index >= 15 is 0 Å². The smallest absolute Gasteiger partial charge is 0.166 e. The SMILES string of the molecule is CCS(=O)(=O)C1CSCCN1C(c1ccccc1)C(C)N. The molecule has 1 aliphatic heterocycles. The van der Waals surface area contributed by atoms with Crippen molar-refractivity contribution in [2.24, 2.45) is 5.73 Å². The number of nitrogens with zero attached hydrogens (tertiary/aromatic N) is 1. The van der Waals surface area contributed by atoms with Gasteiger partial charge in [0.05, 0.1) is 6.04 Å². The highest BCUT2D eigenvalue weighted by Gasteiger charge is 2.38. The standard InChI is InChI=1S/C15H24N2O2S2/c1-3-21(18,19)14-11-20-10-9-17(14)15(12(2)16)13-7-5-4-6-8-13/h4-8,12,14-15H,3,9-11,16H2,1-2H3. The zero-order valence-electron chi connectivity index (χ0n) is 12.6. The van der Waals surface area contributed by atoms with Crippen LogP contribution in [0.2, 0.25) is 0 Å². The molecular formula is C15H24N2O2S2. The van der Waals surface area contributed by atoms with E-state index in [-0.39, 0.29) is 17.8 Å². The normalized spacial score (nSPS) is 23.7. The third-order valence-corrected chi connectivity index (χ3v) is 7.24. The van der Waals surface area contributed by atoms with Gasteiger partial charge in [-0.05, 0) is 12.5 Å². The van der Waals surface area contributed by atoms with Crippen molar-refractivity contribution in [3.63, 3.8) is 0 Å². The molecule has 1 aromatic carbocycles. The molecule has 0 amide bonds. The molecule has 4 nitrogen and oxygen atoms in total. The van der Waals surface area contributed by atoms with E-state index in [1.807, 2.05) is 37.3 Å². The first kappa shape index (κ1) is 16.8. The lowest BCUT2D eigenvalue weighted by molar-refractivity contribution is 0.172. The molecule has 0 saturated carbocycles. The highest BCUT2D eigenvalue weighted by molar-refractivity contribution is 8.01. The van der Waals surface area contributed by atoms with Crippen molar-refractivity contribution >= 4 is 21.6 Å². The van der Waals surface area contributed by atoms with Crippen LogP contribution in [0.1, 0.15) is 25.5 Å². The van der Waals surface area contributed by atoms with Crippen LogP contribution in [0.5, 0.6) is 0 Å². The lowest BCUT2D eigenvalue weighted by atomic mass is 9.99. The Bertz CT molecular complexity index is 546. The highest BCUT2D eigenvalue weighted by atomic mass is 32.2. The maximum absolute atomic E-state index is 12.4. The van der Waals surface area contributed by atoms with Crippen LogP contribution in [0.25, 0.3) is 0 Å². The number of thioether (sulfide) groups is 1. The molecule has 1 heterocycles. The van der Waals surface area contributed by atoms with Crippen LogP contribution in [0, 0.1) is 0 Å². The molecule has 6 heteroatoms. The first-order valence-electron chi connectivity index (χ1n) is 7.33. The van der Waals surface area contributed by atoms with Gasteiger partial charge in [-0.3, -0.25) is 4.90 Å². The van der Waals surface area contributed by atoms with Crippen LogP contribution in [0.4, 0.5) is 0 Å². The van der Waals surface area contributed by atoms with Gasteiger partial charge in [0.25, 0.3) is 0 Å². The summed E-state index contributed by atoms with van der Waals surface area (Å²) in [5.41, 5.74) is 7.30. The molecule has 118 valence electrons. The quantitative estimate of drug-likeness (QED) is 0.894. The minimum Gasteiger partial charge on any atom is -0.326 e. The summed E-state index contributed by atoms with van der Waals surface area (Å²) in [6.07, 6.45) is 0. The van der Waals surface area contributed by atoms with E-state index < -0.39 is 15.2 Å². The molecule has 21 heavy (non-hydrogen) atoms. The van der Waals surface area contributed by atoms with E-state index in [1.165, 1.54) is 0 Å². The fraction of sp³-hybridized carbons (Fsp3) is 0.600. The van der Waals surface area contributed by atoms with Crippen LogP contribution >= 0.6 is 11.8 Å². The van der Waals surface area contributed by atoms with E-state index in [4.69, 9.17) is 5.73 Å². The third kappa shape index (κ3) is 3.80. The fourth-order valence-electron chi connectivity index (χ4n) is 2.86.